The molecule has 4 aromatic heterocycles. The van der Waals surface area contributed by atoms with Crippen LogP contribution in [0.25, 0.3) is 21.8 Å². The van der Waals surface area contributed by atoms with Gasteiger partial charge in [-0.25, -0.2) is 14.8 Å². The summed E-state index contributed by atoms with van der Waals surface area (Å²) in [5.74, 6) is -0.103. The fourth-order valence-corrected chi connectivity index (χ4v) is 4.91. The second-order valence-electron chi connectivity index (χ2n) is 9.17. The number of pyridine rings is 2. The van der Waals surface area contributed by atoms with Crippen LogP contribution in [0, 0.1) is 22.7 Å². The van der Waals surface area contributed by atoms with Crippen LogP contribution in [0.15, 0.2) is 74.4 Å². The summed E-state index contributed by atoms with van der Waals surface area (Å²) in [6.07, 6.45) is 4.04. The van der Waals surface area contributed by atoms with Crippen molar-refractivity contribution in [2.45, 2.75) is 19.8 Å². The molecule has 0 amide bonds. The highest BCUT2D eigenvalue weighted by Crippen LogP contribution is 2.23. The van der Waals surface area contributed by atoms with Crippen molar-refractivity contribution in [2.24, 2.45) is 0 Å². The summed E-state index contributed by atoms with van der Waals surface area (Å²) in [6, 6.07) is 19.0. The lowest BCUT2D eigenvalue weighted by molar-refractivity contribution is 0.0487. The van der Waals surface area contributed by atoms with Crippen molar-refractivity contribution >= 4 is 66.9 Å². The molecule has 0 bridgehead atoms. The average Bonchev–Trinajstić information content (AvgIpc) is 3.59. The molecule has 6 aromatic rings. The molecule has 2 aromatic carbocycles. The number of carbonyl (C=O) groups excluding carboxylic acids is 1. The van der Waals surface area contributed by atoms with Crippen LogP contribution in [-0.2, 0) is 17.6 Å². The van der Waals surface area contributed by atoms with E-state index in [1.165, 1.54) is 0 Å². The van der Waals surface area contributed by atoms with Crippen LogP contribution in [0.2, 0.25) is 10.0 Å². The van der Waals surface area contributed by atoms with Crippen LogP contribution in [0.3, 0.4) is 0 Å². The van der Waals surface area contributed by atoms with Crippen molar-refractivity contribution in [1.29, 1.82) is 10.5 Å². The van der Waals surface area contributed by atoms with Crippen LogP contribution in [-0.4, -0.2) is 32.5 Å². The minimum Gasteiger partial charge on any atom is -0.460 e. The fraction of sp³-hybridized carbons (Fsp3) is 0.129. The highest BCUT2D eigenvalue weighted by atomic mass is 79.9. The Morgan fingerprint density at radius 2 is 1.36 bits per heavy atom. The number of nitrogens with zero attached hydrogens (tertiary/aromatic N) is 6. The Kier molecular flexibility index (Phi) is 9.51. The summed E-state index contributed by atoms with van der Waals surface area (Å²) in [5.41, 5.74) is 3.79. The molecule has 0 aliphatic rings. The first kappa shape index (κ1) is 30.6. The number of oxazole rings is 2. The van der Waals surface area contributed by atoms with E-state index in [-0.39, 0.29) is 29.6 Å². The minimum atomic E-state index is -0.692. The quantitative estimate of drug-likeness (QED) is 0.160. The van der Waals surface area contributed by atoms with E-state index >= 15 is 0 Å². The molecule has 218 valence electrons. The van der Waals surface area contributed by atoms with Gasteiger partial charge < -0.3 is 13.6 Å². The third-order valence-electron chi connectivity index (χ3n) is 6.11. The second kappa shape index (κ2) is 13.7. The molecule has 0 fully saturated rings. The van der Waals surface area contributed by atoms with Crippen LogP contribution < -0.4 is 0 Å². The van der Waals surface area contributed by atoms with Crippen molar-refractivity contribution in [2.75, 3.05) is 6.61 Å². The summed E-state index contributed by atoms with van der Waals surface area (Å²) in [7, 11) is 0. The van der Waals surface area contributed by atoms with Crippen LogP contribution in [0.4, 0.5) is 0 Å². The SMILES string of the molecule is CCOC(=O)c1oc(Cc2ccc3ncc(Cl)cc3c2)nc1C#N.N#Cc1nc(Cc2ccc3ncc(Cl)cc3c2)oc1Br. The van der Waals surface area contributed by atoms with Crippen LogP contribution >= 0.6 is 39.1 Å². The number of aromatic nitrogens is 4. The summed E-state index contributed by atoms with van der Waals surface area (Å²) in [6.45, 7) is 1.87. The van der Waals surface area contributed by atoms with Gasteiger partial charge >= 0.3 is 5.97 Å². The first-order chi connectivity index (χ1) is 21.3. The number of fused-ring (bicyclic) bond motifs is 2. The number of esters is 1. The molecule has 13 heteroatoms. The zero-order valence-electron chi connectivity index (χ0n) is 22.8. The molecule has 0 atom stereocenters. The molecule has 0 spiro atoms. The summed E-state index contributed by atoms with van der Waals surface area (Å²) >= 11 is 15.1. The lowest BCUT2D eigenvalue weighted by Crippen LogP contribution is -2.05. The minimum absolute atomic E-state index is 0.0750. The van der Waals surface area contributed by atoms with E-state index in [0.29, 0.717) is 33.4 Å². The molecule has 10 nitrogen and oxygen atoms in total. The van der Waals surface area contributed by atoms with Gasteiger partial charge in [0.2, 0.25) is 22.2 Å². The Morgan fingerprint density at radius 3 is 1.86 bits per heavy atom. The van der Waals surface area contributed by atoms with Crippen molar-refractivity contribution in [3.63, 3.8) is 0 Å². The van der Waals surface area contributed by atoms with Crippen molar-refractivity contribution in [3.05, 3.63) is 116 Å². The van der Waals surface area contributed by atoms with Gasteiger partial charge in [0.05, 0.1) is 27.7 Å². The zero-order valence-corrected chi connectivity index (χ0v) is 25.9. The monoisotopic (exact) mass is 688 g/mol. The molecule has 44 heavy (non-hydrogen) atoms. The molecule has 0 N–H and O–H groups in total. The van der Waals surface area contributed by atoms with Crippen LogP contribution in [0.5, 0.6) is 0 Å². The van der Waals surface area contributed by atoms with Gasteiger partial charge in [0.15, 0.2) is 11.4 Å². The van der Waals surface area contributed by atoms with Gasteiger partial charge in [-0.15, -0.1) is 0 Å². The van der Waals surface area contributed by atoms with Crippen molar-refractivity contribution in [1.82, 2.24) is 19.9 Å². The van der Waals surface area contributed by atoms with Gasteiger partial charge in [-0.2, -0.15) is 10.5 Å². The summed E-state index contributed by atoms with van der Waals surface area (Å²) in [5, 5.41) is 20.9. The summed E-state index contributed by atoms with van der Waals surface area (Å²) in [4.78, 5) is 28.4. The normalized spacial score (nSPS) is 10.6. The van der Waals surface area contributed by atoms with E-state index in [1.807, 2.05) is 60.7 Å². The maximum Gasteiger partial charge on any atom is 0.377 e. The smallest absolute Gasteiger partial charge is 0.377 e. The standard InChI is InChI=1S/C17H12ClN3O3.C14H7BrClN3O/c1-2-23-17(22)16-14(8-19)21-15(24-16)6-10-3-4-13-11(5-10)7-12(18)9-20-13;15-14-12(6-17)19-13(20-14)4-8-1-2-11-9(3-8)5-10(16)7-18-11/h3-5,7,9H,2,6H2,1H3;1-3,5,7H,4H2. The van der Waals surface area contributed by atoms with E-state index in [2.05, 4.69) is 35.9 Å². The number of rotatable bonds is 6. The van der Waals surface area contributed by atoms with Gasteiger partial charge in [-0.1, -0.05) is 35.3 Å². The Morgan fingerprint density at radius 1 is 0.841 bits per heavy atom. The van der Waals surface area contributed by atoms with E-state index < -0.39 is 5.97 Å². The molecule has 0 unspecified atom stereocenters. The lowest BCUT2D eigenvalue weighted by atomic mass is 10.1. The Bertz CT molecular complexity index is 2100. The van der Waals surface area contributed by atoms with Crippen molar-refractivity contribution in [3.8, 4) is 12.1 Å². The Hall–Kier alpha value is -4.81. The Labute approximate surface area is 269 Å². The van der Waals surface area contributed by atoms with E-state index in [1.54, 1.807) is 19.3 Å². The largest absolute Gasteiger partial charge is 0.460 e. The zero-order chi connectivity index (χ0) is 31.2. The number of hydrogen-bond donors (Lipinski definition) is 0. The predicted octanol–water partition coefficient (Wildman–Crippen LogP) is 7.62. The topological polar surface area (TPSA) is 152 Å². The first-order valence-corrected chi connectivity index (χ1v) is 14.5. The fourth-order valence-electron chi connectivity index (χ4n) is 4.22. The lowest BCUT2D eigenvalue weighted by Gasteiger charge is -2.02. The molecule has 6 rings (SSSR count). The second-order valence-corrected chi connectivity index (χ2v) is 10.8. The van der Waals surface area contributed by atoms with E-state index in [9.17, 15) is 4.79 Å². The highest BCUT2D eigenvalue weighted by molar-refractivity contribution is 9.10. The Balaban J connectivity index is 0.000000177. The van der Waals surface area contributed by atoms with E-state index in [4.69, 9.17) is 47.3 Å². The van der Waals surface area contributed by atoms with Crippen molar-refractivity contribution < 1.29 is 18.4 Å². The maximum absolute atomic E-state index is 11.8. The van der Waals surface area contributed by atoms with Gasteiger partial charge in [0, 0.05) is 36.0 Å². The number of nitriles is 2. The number of carbonyl (C=O) groups is 1. The van der Waals surface area contributed by atoms with Gasteiger partial charge in [0.25, 0.3) is 0 Å². The van der Waals surface area contributed by atoms with Gasteiger partial charge in [0.1, 0.15) is 12.1 Å². The molecule has 0 radical (unpaired) electrons. The first-order valence-electron chi connectivity index (χ1n) is 13.0. The number of halogens is 3. The molecule has 0 saturated heterocycles. The molecule has 0 aliphatic carbocycles. The predicted molar refractivity (Wildman–Crippen MR) is 165 cm³/mol. The maximum atomic E-state index is 11.8. The molecule has 0 saturated carbocycles. The number of ether oxygens (including phenoxy) is 1. The average molecular weight is 690 g/mol. The van der Waals surface area contributed by atoms with Gasteiger partial charge in [-0.3, -0.25) is 9.97 Å². The number of benzene rings is 2. The molecule has 0 aliphatic heterocycles. The molecular weight excluding hydrogens is 671 g/mol. The molecular formula is C31H19BrCl2N6O4. The van der Waals surface area contributed by atoms with Gasteiger partial charge in [-0.05, 0) is 70.4 Å². The number of hydrogen-bond acceptors (Lipinski definition) is 10. The third-order valence-corrected chi connectivity index (χ3v) is 7.06. The third kappa shape index (κ3) is 7.21. The summed E-state index contributed by atoms with van der Waals surface area (Å²) < 4.78 is 16.0. The van der Waals surface area contributed by atoms with E-state index in [0.717, 1.165) is 32.9 Å². The highest BCUT2D eigenvalue weighted by Gasteiger charge is 2.21. The van der Waals surface area contributed by atoms with Crippen LogP contribution in [0.1, 0.15) is 51.8 Å². The molecule has 4 heterocycles.